The van der Waals surface area contributed by atoms with Crippen molar-refractivity contribution >= 4 is 17.0 Å². The van der Waals surface area contributed by atoms with Gasteiger partial charge in [-0.15, -0.1) is 5.10 Å². The second kappa shape index (κ2) is 17.7. The molecule has 1 aromatic carbocycles. The summed E-state index contributed by atoms with van der Waals surface area (Å²) >= 11 is 0. The lowest BCUT2D eigenvalue weighted by atomic mass is 10.1. The van der Waals surface area contributed by atoms with Gasteiger partial charge in [0.05, 0.1) is 5.52 Å². The van der Waals surface area contributed by atoms with Gasteiger partial charge in [0.2, 0.25) is 0 Å². The van der Waals surface area contributed by atoms with E-state index in [1.54, 1.807) is 4.68 Å². The van der Waals surface area contributed by atoms with Crippen molar-refractivity contribution < 1.29 is 9.90 Å². The Labute approximate surface area is 182 Å². The van der Waals surface area contributed by atoms with Crippen LogP contribution in [0.1, 0.15) is 96.8 Å². The van der Waals surface area contributed by atoms with Gasteiger partial charge in [0.1, 0.15) is 5.52 Å². The fourth-order valence-corrected chi connectivity index (χ4v) is 3.33. The van der Waals surface area contributed by atoms with Gasteiger partial charge in [-0.05, 0) is 44.2 Å². The Morgan fingerprint density at radius 2 is 1.47 bits per heavy atom. The second-order valence-electron chi connectivity index (χ2n) is 7.93. The number of fused-ring (bicyclic) bond motifs is 1. The third-order valence-corrected chi connectivity index (χ3v) is 5.17. The van der Waals surface area contributed by atoms with E-state index in [1.807, 2.05) is 31.3 Å². The minimum absolute atomic E-state index is 0.332. The molecule has 0 aliphatic rings. The number of para-hydroxylation sites is 1. The highest BCUT2D eigenvalue weighted by atomic mass is 16.4. The first-order valence-electron chi connectivity index (χ1n) is 11.8. The molecule has 0 saturated heterocycles. The van der Waals surface area contributed by atoms with Crippen LogP contribution in [0, 0.1) is 0 Å². The van der Waals surface area contributed by atoms with Gasteiger partial charge in [0, 0.05) is 13.5 Å². The van der Waals surface area contributed by atoms with Crippen LogP contribution in [0.25, 0.3) is 11.0 Å². The smallest absolute Gasteiger partial charge is 0.303 e. The van der Waals surface area contributed by atoms with E-state index < -0.39 is 5.97 Å². The molecule has 0 amide bonds. The molecule has 0 atom stereocenters. The Morgan fingerprint density at radius 1 is 0.900 bits per heavy atom. The van der Waals surface area contributed by atoms with Crippen LogP contribution in [0.3, 0.4) is 0 Å². The van der Waals surface area contributed by atoms with Crippen LogP contribution in [-0.4, -0.2) is 26.1 Å². The summed E-state index contributed by atoms with van der Waals surface area (Å²) in [5.74, 6) is -0.664. The molecule has 0 radical (unpaired) electrons. The van der Waals surface area contributed by atoms with Crippen molar-refractivity contribution in [2.24, 2.45) is 7.05 Å². The van der Waals surface area contributed by atoms with Crippen molar-refractivity contribution in [3.63, 3.8) is 0 Å². The van der Waals surface area contributed by atoms with Crippen LogP contribution in [0.5, 0.6) is 0 Å². The van der Waals surface area contributed by atoms with Crippen LogP contribution in [0.2, 0.25) is 0 Å². The fraction of sp³-hybridized carbons (Fsp3) is 0.640. The first kappa shape index (κ1) is 25.9. The molecular formula is C25H41N3O2. The van der Waals surface area contributed by atoms with Gasteiger partial charge in [0.25, 0.3) is 0 Å². The number of unbranched alkanes of at least 4 members (excludes halogenated alkanes) is 11. The van der Waals surface area contributed by atoms with Crippen molar-refractivity contribution in [2.45, 2.75) is 96.8 Å². The summed E-state index contributed by atoms with van der Waals surface area (Å²) in [4.78, 5) is 10.3. The molecule has 2 rings (SSSR count). The highest BCUT2D eigenvalue weighted by Gasteiger charge is 1.96. The first-order chi connectivity index (χ1) is 14.6. The molecule has 5 nitrogen and oxygen atoms in total. The fourth-order valence-electron chi connectivity index (χ4n) is 3.33. The van der Waals surface area contributed by atoms with Crippen molar-refractivity contribution in [3.8, 4) is 0 Å². The Hall–Kier alpha value is -2.17. The van der Waals surface area contributed by atoms with Crippen LogP contribution in [0.4, 0.5) is 0 Å². The number of hydrogen-bond acceptors (Lipinski definition) is 3. The molecule has 1 aromatic heterocycles. The standard InChI is InChI=1S/C18H34O2.C7H7N3/c1-2-3-4-5-6-7-8-9-10-11-12-13-14-15-16-17-18(19)20;1-10-7-5-3-2-4-6(7)8-9-10/h9-10H,2-8,11-17H2,1H3,(H,19,20);2-5H,1H3/b10-9-;. The quantitative estimate of drug-likeness (QED) is 0.249. The molecule has 0 aliphatic heterocycles. The van der Waals surface area contributed by atoms with Crippen molar-refractivity contribution in [3.05, 3.63) is 36.4 Å². The lowest BCUT2D eigenvalue weighted by Gasteiger charge is -1.99. The summed E-state index contributed by atoms with van der Waals surface area (Å²) in [6.07, 6.45) is 21.2. The normalized spacial score (nSPS) is 11.0. The van der Waals surface area contributed by atoms with Crippen LogP contribution < -0.4 is 0 Å². The Balaban J connectivity index is 0.000000367. The first-order valence-corrected chi connectivity index (χ1v) is 11.8. The molecule has 30 heavy (non-hydrogen) atoms. The largest absolute Gasteiger partial charge is 0.481 e. The highest BCUT2D eigenvalue weighted by molar-refractivity contribution is 5.73. The van der Waals surface area contributed by atoms with E-state index in [9.17, 15) is 4.79 Å². The van der Waals surface area contributed by atoms with Gasteiger partial charge in [-0.3, -0.25) is 4.79 Å². The van der Waals surface area contributed by atoms with E-state index >= 15 is 0 Å². The van der Waals surface area contributed by atoms with E-state index in [1.165, 1.54) is 70.6 Å². The summed E-state index contributed by atoms with van der Waals surface area (Å²) in [7, 11) is 1.88. The minimum atomic E-state index is -0.664. The Morgan fingerprint density at radius 3 is 2.07 bits per heavy atom. The monoisotopic (exact) mass is 415 g/mol. The van der Waals surface area contributed by atoms with Gasteiger partial charge >= 0.3 is 5.97 Å². The Kier molecular flexibility index (Phi) is 15.2. The van der Waals surface area contributed by atoms with Gasteiger partial charge < -0.3 is 5.11 Å². The van der Waals surface area contributed by atoms with E-state index in [-0.39, 0.29) is 0 Å². The SMILES string of the molecule is CCCCCCCC/C=C\CCCCCCCC(=O)O.Cn1nnc2ccccc21. The molecule has 0 spiro atoms. The van der Waals surface area contributed by atoms with Crippen LogP contribution in [-0.2, 0) is 11.8 Å². The molecule has 1 heterocycles. The molecular weight excluding hydrogens is 374 g/mol. The molecule has 0 bridgehead atoms. The predicted molar refractivity (Wildman–Crippen MR) is 126 cm³/mol. The summed E-state index contributed by atoms with van der Waals surface area (Å²) in [6, 6.07) is 7.88. The zero-order chi connectivity index (χ0) is 21.9. The number of rotatable bonds is 15. The van der Waals surface area contributed by atoms with Crippen LogP contribution in [0.15, 0.2) is 36.4 Å². The van der Waals surface area contributed by atoms with Gasteiger partial charge in [0.15, 0.2) is 0 Å². The van der Waals surface area contributed by atoms with Gasteiger partial charge in [-0.2, -0.15) is 0 Å². The number of carboxylic acids is 1. The van der Waals surface area contributed by atoms with Crippen molar-refractivity contribution in [1.29, 1.82) is 0 Å². The molecule has 5 heteroatoms. The summed E-state index contributed by atoms with van der Waals surface area (Å²) < 4.78 is 1.76. The summed E-state index contributed by atoms with van der Waals surface area (Å²) in [6.45, 7) is 2.26. The van der Waals surface area contributed by atoms with E-state index in [4.69, 9.17) is 5.11 Å². The molecule has 0 fully saturated rings. The molecule has 1 N–H and O–H groups in total. The third kappa shape index (κ3) is 13.1. The second-order valence-corrected chi connectivity index (χ2v) is 7.93. The van der Waals surface area contributed by atoms with Gasteiger partial charge in [-0.1, -0.05) is 87.8 Å². The lowest BCUT2D eigenvalue weighted by molar-refractivity contribution is -0.137. The summed E-state index contributed by atoms with van der Waals surface area (Å²) in [5.41, 5.74) is 2.02. The molecule has 0 aliphatic carbocycles. The lowest BCUT2D eigenvalue weighted by Crippen LogP contribution is -1.93. The zero-order valence-corrected chi connectivity index (χ0v) is 19.1. The maximum atomic E-state index is 10.3. The predicted octanol–water partition coefficient (Wildman–Crippen LogP) is 7.08. The average Bonchev–Trinajstić information content (AvgIpc) is 3.12. The minimum Gasteiger partial charge on any atom is -0.481 e. The van der Waals surface area contributed by atoms with E-state index in [0.29, 0.717) is 6.42 Å². The van der Waals surface area contributed by atoms with Gasteiger partial charge in [-0.25, -0.2) is 4.68 Å². The average molecular weight is 416 g/mol. The number of aromatic nitrogens is 3. The summed E-state index contributed by atoms with van der Waals surface area (Å²) in [5, 5.41) is 16.3. The molecule has 0 unspecified atom stereocenters. The van der Waals surface area contributed by atoms with Crippen LogP contribution >= 0.6 is 0 Å². The van der Waals surface area contributed by atoms with Crippen molar-refractivity contribution in [1.82, 2.24) is 15.0 Å². The maximum Gasteiger partial charge on any atom is 0.303 e. The number of aryl methyl sites for hydroxylation is 1. The third-order valence-electron chi connectivity index (χ3n) is 5.17. The molecule has 2 aromatic rings. The maximum absolute atomic E-state index is 10.3. The Bertz CT molecular complexity index is 709. The number of carboxylic acid groups (broad SMARTS) is 1. The number of carbonyl (C=O) groups is 1. The number of benzene rings is 1. The number of nitrogens with zero attached hydrogens (tertiary/aromatic N) is 3. The molecule has 168 valence electrons. The zero-order valence-electron chi connectivity index (χ0n) is 19.1. The van der Waals surface area contributed by atoms with E-state index in [0.717, 1.165) is 23.9 Å². The topological polar surface area (TPSA) is 68.0 Å². The number of aliphatic carboxylic acids is 1. The number of hydrogen-bond donors (Lipinski definition) is 1. The van der Waals surface area contributed by atoms with Crippen molar-refractivity contribution in [2.75, 3.05) is 0 Å². The molecule has 0 saturated carbocycles. The van der Waals surface area contributed by atoms with E-state index in [2.05, 4.69) is 29.4 Å². The highest BCUT2D eigenvalue weighted by Crippen LogP contribution is 2.10. The number of allylic oxidation sites excluding steroid dienone is 2.